The molecule has 5 nitrogen and oxygen atoms in total. The summed E-state index contributed by atoms with van der Waals surface area (Å²) >= 11 is 1.60. The van der Waals surface area contributed by atoms with Crippen LogP contribution < -0.4 is 10.2 Å². The molecule has 2 aromatic rings. The molecule has 1 aromatic heterocycles. The van der Waals surface area contributed by atoms with Crippen LogP contribution in [0.5, 0.6) is 0 Å². The largest absolute Gasteiger partial charge is 0.349 e. The van der Waals surface area contributed by atoms with Crippen LogP contribution in [0, 0.1) is 6.92 Å². The molecule has 1 N–H and O–H groups in total. The summed E-state index contributed by atoms with van der Waals surface area (Å²) in [6.07, 6.45) is 3.14. The van der Waals surface area contributed by atoms with Gasteiger partial charge in [0.05, 0.1) is 12.0 Å². The number of aryl methyl sites for hydroxylation is 2. The van der Waals surface area contributed by atoms with Crippen molar-refractivity contribution in [3.8, 4) is 0 Å². The van der Waals surface area contributed by atoms with E-state index in [4.69, 9.17) is 0 Å². The minimum absolute atomic E-state index is 0.0118. The van der Waals surface area contributed by atoms with Crippen molar-refractivity contribution in [2.24, 2.45) is 0 Å². The van der Waals surface area contributed by atoms with Gasteiger partial charge in [-0.05, 0) is 37.3 Å². The van der Waals surface area contributed by atoms with Crippen LogP contribution in [-0.4, -0.2) is 35.2 Å². The molecule has 6 heteroatoms. The van der Waals surface area contributed by atoms with Gasteiger partial charge >= 0.3 is 0 Å². The fourth-order valence-corrected chi connectivity index (χ4v) is 4.17. The molecule has 1 aromatic carbocycles. The second-order valence-electron chi connectivity index (χ2n) is 6.36. The minimum Gasteiger partial charge on any atom is -0.349 e. The number of rotatable bonds is 3. The Morgan fingerprint density at radius 1 is 1.30 bits per heavy atom. The number of carbonyl (C=O) groups is 1. The van der Waals surface area contributed by atoms with Gasteiger partial charge in [-0.2, -0.15) is 0 Å². The third-order valence-electron chi connectivity index (χ3n) is 4.70. The van der Waals surface area contributed by atoms with Gasteiger partial charge in [-0.25, -0.2) is 0 Å². The summed E-state index contributed by atoms with van der Waals surface area (Å²) in [4.78, 5) is 14.8. The molecule has 1 aliphatic heterocycles. The van der Waals surface area contributed by atoms with Crippen LogP contribution in [0.1, 0.15) is 34.9 Å². The molecule has 23 heavy (non-hydrogen) atoms. The number of hydrogen-bond donors (Lipinski definition) is 1. The Bertz CT molecular complexity index is 723. The molecule has 1 atom stereocenters. The van der Waals surface area contributed by atoms with Crippen LogP contribution in [0.25, 0.3) is 0 Å². The molecule has 2 heterocycles. The van der Waals surface area contributed by atoms with Crippen molar-refractivity contribution in [1.82, 2.24) is 15.5 Å². The van der Waals surface area contributed by atoms with Gasteiger partial charge in [0, 0.05) is 13.1 Å². The quantitative estimate of drug-likeness (QED) is 0.939. The van der Waals surface area contributed by atoms with E-state index < -0.39 is 0 Å². The number of aromatic nitrogens is 2. The summed E-state index contributed by atoms with van der Waals surface area (Å²) in [5.74, 6) is 0.188. The lowest BCUT2D eigenvalue weighted by Gasteiger charge is -2.40. The minimum atomic E-state index is 0.0118. The maximum absolute atomic E-state index is 12.7. The number of amides is 1. The molecule has 0 bridgehead atoms. The number of carbonyl (C=O) groups excluding carboxylic acids is 1. The summed E-state index contributed by atoms with van der Waals surface area (Å²) in [7, 11) is 0. The summed E-state index contributed by atoms with van der Waals surface area (Å²) in [5.41, 5.74) is 2.55. The van der Waals surface area contributed by atoms with Crippen molar-refractivity contribution < 1.29 is 4.79 Å². The highest BCUT2D eigenvalue weighted by atomic mass is 32.1. The first kappa shape index (κ1) is 14.6. The van der Waals surface area contributed by atoms with Gasteiger partial charge in [0.25, 0.3) is 0 Å². The molecule has 120 valence electrons. The van der Waals surface area contributed by atoms with E-state index in [-0.39, 0.29) is 17.9 Å². The van der Waals surface area contributed by atoms with Gasteiger partial charge in [-0.3, -0.25) is 4.79 Å². The zero-order chi connectivity index (χ0) is 15.8. The Hall–Kier alpha value is -1.95. The molecule has 1 aliphatic carbocycles. The normalized spacial score (nSPS) is 20.7. The predicted octanol–water partition coefficient (Wildman–Crippen LogP) is 2.27. The van der Waals surface area contributed by atoms with Crippen LogP contribution in [0.4, 0.5) is 5.13 Å². The second kappa shape index (κ2) is 5.92. The van der Waals surface area contributed by atoms with Gasteiger partial charge in [-0.15, -0.1) is 10.2 Å². The van der Waals surface area contributed by atoms with Crippen LogP contribution in [0.3, 0.4) is 0 Å². The molecule has 4 rings (SSSR count). The summed E-state index contributed by atoms with van der Waals surface area (Å²) < 4.78 is 0. The van der Waals surface area contributed by atoms with Crippen molar-refractivity contribution in [1.29, 1.82) is 0 Å². The standard InChI is InChI=1S/C17H20N4OS/c1-11-19-20-17(23-11)21-9-13(10-21)18-16(22)15-8-4-6-12-5-2-3-7-14(12)15/h2-3,5,7,13,15H,4,6,8-10H2,1H3,(H,18,22). The molecule has 0 saturated carbocycles. The first-order chi connectivity index (χ1) is 11.2. The molecular weight excluding hydrogens is 308 g/mol. The van der Waals surface area contributed by atoms with Crippen molar-refractivity contribution in [2.45, 2.75) is 38.1 Å². The van der Waals surface area contributed by atoms with Crippen molar-refractivity contribution in [2.75, 3.05) is 18.0 Å². The lowest BCUT2D eigenvalue weighted by molar-refractivity contribution is -0.123. The lowest BCUT2D eigenvalue weighted by Crippen LogP contribution is -2.60. The van der Waals surface area contributed by atoms with Gasteiger partial charge in [-0.1, -0.05) is 35.6 Å². The van der Waals surface area contributed by atoms with E-state index in [1.807, 2.05) is 13.0 Å². The smallest absolute Gasteiger partial charge is 0.227 e. The van der Waals surface area contributed by atoms with Crippen LogP contribution in [0.15, 0.2) is 24.3 Å². The summed E-state index contributed by atoms with van der Waals surface area (Å²) in [5, 5.41) is 13.3. The average Bonchev–Trinajstić information content (AvgIpc) is 2.95. The number of anilines is 1. The number of fused-ring (bicyclic) bond motifs is 1. The topological polar surface area (TPSA) is 58.1 Å². The van der Waals surface area contributed by atoms with E-state index in [9.17, 15) is 4.79 Å². The third kappa shape index (κ3) is 2.83. The zero-order valence-corrected chi connectivity index (χ0v) is 14.0. The molecule has 0 spiro atoms. The highest BCUT2D eigenvalue weighted by Crippen LogP contribution is 2.32. The molecule has 0 radical (unpaired) electrons. The maximum atomic E-state index is 12.7. The highest BCUT2D eigenvalue weighted by molar-refractivity contribution is 7.15. The van der Waals surface area contributed by atoms with Gasteiger partial charge in [0.2, 0.25) is 11.0 Å². The highest BCUT2D eigenvalue weighted by Gasteiger charge is 2.33. The lowest BCUT2D eigenvalue weighted by atomic mass is 9.82. The zero-order valence-electron chi connectivity index (χ0n) is 13.2. The average molecular weight is 328 g/mol. The van der Waals surface area contributed by atoms with E-state index in [2.05, 4.69) is 38.6 Å². The Labute approximate surface area is 139 Å². The van der Waals surface area contributed by atoms with Gasteiger partial charge in [0.1, 0.15) is 5.01 Å². The monoisotopic (exact) mass is 328 g/mol. The molecule has 1 fully saturated rings. The Kier molecular flexibility index (Phi) is 3.77. The Balaban J connectivity index is 1.37. The van der Waals surface area contributed by atoms with Crippen LogP contribution in [0.2, 0.25) is 0 Å². The predicted molar refractivity (Wildman–Crippen MR) is 90.9 cm³/mol. The molecule has 1 saturated heterocycles. The first-order valence-corrected chi connectivity index (χ1v) is 8.95. The molecule has 1 amide bonds. The number of hydrogen-bond acceptors (Lipinski definition) is 5. The van der Waals surface area contributed by atoms with E-state index in [0.29, 0.717) is 0 Å². The number of nitrogens with one attached hydrogen (secondary N) is 1. The first-order valence-electron chi connectivity index (χ1n) is 8.14. The van der Waals surface area contributed by atoms with Gasteiger partial charge < -0.3 is 10.2 Å². The SMILES string of the molecule is Cc1nnc(N2CC(NC(=O)C3CCCc4ccccc43)C2)s1. The van der Waals surface area contributed by atoms with Crippen molar-refractivity contribution >= 4 is 22.4 Å². The Morgan fingerprint density at radius 2 is 2.13 bits per heavy atom. The van der Waals surface area contributed by atoms with Gasteiger partial charge in [0.15, 0.2) is 0 Å². The van der Waals surface area contributed by atoms with E-state index >= 15 is 0 Å². The van der Waals surface area contributed by atoms with E-state index in [0.717, 1.165) is 42.5 Å². The number of nitrogens with zero attached hydrogens (tertiary/aromatic N) is 3. The Morgan fingerprint density at radius 3 is 2.91 bits per heavy atom. The molecule has 1 unspecified atom stereocenters. The summed E-state index contributed by atoms with van der Waals surface area (Å²) in [6.45, 7) is 3.62. The van der Waals surface area contributed by atoms with E-state index in [1.54, 1.807) is 11.3 Å². The maximum Gasteiger partial charge on any atom is 0.227 e. The molecule has 2 aliphatic rings. The fraction of sp³-hybridized carbons (Fsp3) is 0.471. The van der Waals surface area contributed by atoms with E-state index in [1.165, 1.54) is 11.1 Å². The second-order valence-corrected chi connectivity index (χ2v) is 7.52. The van der Waals surface area contributed by atoms with Crippen LogP contribution >= 0.6 is 11.3 Å². The molecular formula is C17H20N4OS. The van der Waals surface area contributed by atoms with Crippen molar-refractivity contribution in [3.05, 3.63) is 40.4 Å². The fourth-order valence-electron chi connectivity index (χ4n) is 3.47. The number of benzene rings is 1. The third-order valence-corrected chi connectivity index (χ3v) is 5.60. The summed E-state index contributed by atoms with van der Waals surface area (Å²) in [6, 6.07) is 8.58. The van der Waals surface area contributed by atoms with Crippen molar-refractivity contribution in [3.63, 3.8) is 0 Å². The van der Waals surface area contributed by atoms with Crippen LogP contribution in [-0.2, 0) is 11.2 Å².